The van der Waals surface area contributed by atoms with Crippen LogP contribution >= 0.6 is 7.26 Å². The molecule has 1 aliphatic carbocycles. The third-order valence-corrected chi connectivity index (χ3v) is 10.1. The minimum atomic E-state index is -1.76. The van der Waals surface area contributed by atoms with Crippen LogP contribution in [-0.2, 0) is 0 Å². The molecule has 0 N–H and O–H groups in total. The minimum absolute atomic E-state index is 0.526. The van der Waals surface area contributed by atoms with Gasteiger partial charge in [-0.25, -0.2) is 0 Å². The van der Waals surface area contributed by atoms with Crippen LogP contribution in [-0.4, -0.2) is 6.16 Å². The van der Waals surface area contributed by atoms with Gasteiger partial charge in [0.2, 0.25) is 0 Å². The molecule has 0 bridgehead atoms. The van der Waals surface area contributed by atoms with Crippen molar-refractivity contribution in [3.8, 4) is 0 Å². The molecule has 0 spiro atoms. The van der Waals surface area contributed by atoms with Crippen molar-refractivity contribution in [2.75, 3.05) is 6.16 Å². The summed E-state index contributed by atoms with van der Waals surface area (Å²) in [5.41, 5.74) is 1.24. The molecule has 0 heterocycles. The quantitative estimate of drug-likeness (QED) is 0.483. The third kappa shape index (κ3) is 3.66. The lowest BCUT2D eigenvalue weighted by Crippen LogP contribution is -2.35. The Kier molecular flexibility index (Phi) is 5.70. The van der Waals surface area contributed by atoms with Crippen molar-refractivity contribution in [1.29, 1.82) is 0 Å². The predicted octanol–water partition coefficient (Wildman–Crippen LogP) is 5.67. The van der Waals surface area contributed by atoms with Gasteiger partial charge in [-0.2, -0.15) is 0 Å². The first kappa shape index (κ1) is 18.7. The minimum Gasteiger partial charge on any atom is -0.0985 e. The lowest BCUT2D eigenvalue weighted by atomic mass is 9.98. The maximum absolute atomic E-state index is 3.91. The van der Waals surface area contributed by atoms with Crippen molar-refractivity contribution in [3.63, 3.8) is 0 Å². The normalized spacial score (nSPS) is 16.4. The predicted molar refractivity (Wildman–Crippen MR) is 126 cm³/mol. The van der Waals surface area contributed by atoms with Gasteiger partial charge in [-0.3, -0.25) is 0 Å². The monoisotopic (exact) mass is 381 g/mol. The second-order valence-electron chi connectivity index (χ2n) is 7.26. The molecule has 0 saturated carbocycles. The molecule has 0 nitrogen and oxygen atoms in total. The van der Waals surface area contributed by atoms with Gasteiger partial charge in [0, 0.05) is 5.92 Å². The number of hydrogen-bond acceptors (Lipinski definition) is 0. The van der Waals surface area contributed by atoms with Gasteiger partial charge in [-0.05, 0) is 48.4 Å². The molecule has 0 radical (unpaired) electrons. The first-order valence-electron chi connectivity index (χ1n) is 9.88. The van der Waals surface area contributed by atoms with Crippen LogP contribution in [0.5, 0.6) is 0 Å². The SMILES string of the molecule is C=CC1=CCC(C[P+](c2ccccc2)(c2ccccc2)c2ccccc2)C=C1. The molecular weight excluding hydrogens is 355 g/mol. The van der Waals surface area contributed by atoms with Gasteiger partial charge in [0.25, 0.3) is 0 Å². The van der Waals surface area contributed by atoms with Gasteiger partial charge < -0.3 is 0 Å². The van der Waals surface area contributed by atoms with E-state index in [9.17, 15) is 0 Å². The van der Waals surface area contributed by atoms with Crippen molar-refractivity contribution in [2.45, 2.75) is 6.42 Å². The lowest BCUT2D eigenvalue weighted by molar-refractivity contribution is 0.741. The van der Waals surface area contributed by atoms with Crippen LogP contribution in [0.2, 0.25) is 0 Å². The van der Waals surface area contributed by atoms with E-state index >= 15 is 0 Å². The first-order valence-corrected chi connectivity index (χ1v) is 11.9. The molecule has 0 fully saturated rings. The summed E-state index contributed by atoms with van der Waals surface area (Å²) < 4.78 is 0. The highest BCUT2D eigenvalue weighted by Crippen LogP contribution is 2.57. The van der Waals surface area contributed by atoms with Gasteiger partial charge in [-0.1, -0.05) is 85.5 Å². The van der Waals surface area contributed by atoms with Crippen LogP contribution in [0.3, 0.4) is 0 Å². The molecule has 3 aromatic carbocycles. The molecular formula is C27H26P+. The zero-order valence-electron chi connectivity index (χ0n) is 16.1. The molecule has 1 heteroatoms. The molecule has 28 heavy (non-hydrogen) atoms. The van der Waals surface area contributed by atoms with E-state index in [-0.39, 0.29) is 0 Å². The Labute approximate surface area is 169 Å². The largest absolute Gasteiger partial charge is 0.112 e. The number of hydrogen-bond donors (Lipinski definition) is 0. The molecule has 0 saturated heterocycles. The first-order chi connectivity index (χ1) is 13.8. The number of benzene rings is 3. The zero-order valence-corrected chi connectivity index (χ0v) is 17.0. The lowest BCUT2D eigenvalue weighted by Gasteiger charge is -2.30. The fourth-order valence-corrected chi connectivity index (χ4v) is 8.68. The van der Waals surface area contributed by atoms with E-state index in [4.69, 9.17) is 0 Å². The van der Waals surface area contributed by atoms with E-state index in [1.165, 1.54) is 21.5 Å². The Morgan fingerprint density at radius 1 is 0.750 bits per heavy atom. The van der Waals surface area contributed by atoms with Crippen LogP contribution in [0.25, 0.3) is 0 Å². The van der Waals surface area contributed by atoms with E-state index in [1.807, 2.05) is 6.08 Å². The van der Waals surface area contributed by atoms with Gasteiger partial charge in [-0.15, -0.1) is 0 Å². The summed E-state index contributed by atoms with van der Waals surface area (Å²) in [5, 5.41) is 4.37. The van der Waals surface area contributed by atoms with Gasteiger partial charge >= 0.3 is 0 Å². The van der Waals surface area contributed by atoms with Crippen LogP contribution < -0.4 is 15.9 Å². The highest BCUT2D eigenvalue weighted by molar-refractivity contribution is 7.95. The molecule has 0 aliphatic heterocycles. The van der Waals surface area contributed by atoms with Crippen molar-refractivity contribution in [2.24, 2.45) is 5.92 Å². The molecule has 1 unspecified atom stereocenters. The summed E-state index contributed by atoms with van der Waals surface area (Å²) >= 11 is 0. The number of rotatable bonds is 6. The Morgan fingerprint density at radius 2 is 1.21 bits per heavy atom. The third-order valence-electron chi connectivity index (χ3n) is 5.55. The molecule has 0 amide bonds. The maximum Gasteiger partial charge on any atom is 0.112 e. The van der Waals surface area contributed by atoms with Crippen LogP contribution in [0.4, 0.5) is 0 Å². The van der Waals surface area contributed by atoms with E-state index in [2.05, 4.69) is 116 Å². The standard InChI is InChI=1S/C27H26P/c1-2-23-18-20-24(21-19-23)22-28(25-12-6-3-7-13-25,26-14-8-4-9-15-26)27-16-10-5-11-17-27/h2-20,24H,1,21-22H2/q+1. The molecule has 138 valence electrons. The second kappa shape index (κ2) is 8.55. The Morgan fingerprint density at radius 3 is 1.57 bits per heavy atom. The van der Waals surface area contributed by atoms with Gasteiger partial charge in [0.1, 0.15) is 23.2 Å². The molecule has 1 aliphatic rings. The molecule has 0 aromatic heterocycles. The second-order valence-corrected chi connectivity index (χ2v) is 10.8. The summed E-state index contributed by atoms with van der Waals surface area (Å²) in [6.07, 6.45) is 11.1. The van der Waals surface area contributed by atoms with Crippen LogP contribution in [0.15, 0.2) is 127 Å². The zero-order chi connectivity index (χ0) is 19.2. The fourth-order valence-electron chi connectivity index (χ4n) is 4.13. The summed E-state index contributed by atoms with van der Waals surface area (Å²) in [5.74, 6) is 0.526. The maximum atomic E-state index is 3.91. The van der Waals surface area contributed by atoms with Gasteiger partial charge in [0.15, 0.2) is 0 Å². The molecule has 1 atom stereocenters. The Balaban J connectivity index is 1.88. The smallest absolute Gasteiger partial charge is 0.0985 e. The fraction of sp³-hybridized carbons (Fsp3) is 0.111. The van der Waals surface area contributed by atoms with Gasteiger partial charge in [0.05, 0.1) is 6.16 Å². The van der Waals surface area contributed by atoms with Crippen molar-refractivity contribution >= 4 is 23.2 Å². The summed E-state index contributed by atoms with van der Waals surface area (Å²) in [6, 6.07) is 33.4. The summed E-state index contributed by atoms with van der Waals surface area (Å²) in [4.78, 5) is 0. The van der Waals surface area contributed by atoms with Crippen molar-refractivity contribution in [1.82, 2.24) is 0 Å². The number of allylic oxidation sites excluding steroid dienone is 5. The Bertz CT molecular complexity index is 872. The average Bonchev–Trinajstić information content (AvgIpc) is 2.80. The van der Waals surface area contributed by atoms with E-state index in [1.54, 1.807) is 0 Å². The van der Waals surface area contributed by atoms with Crippen LogP contribution in [0.1, 0.15) is 6.42 Å². The van der Waals surface area contributed by atoms with Crippen molar-refractivity contribution in [3.05, 3.63) is 127 Å². The highest BCUT2D eigenvalue weighted by Gasteiger charge is 2.46. The molecule has 3 aromatic rings. The topological polar surface area (TPSA) is 0 Å². The van der Waals surface area contributed by atoms with E-state index < -0.39 is 7.26 Å². The van der Waals surface area contributed by atoms with Crippen LogP contribution in [0, 0.1) is 5.92 Å². The highest BCUT2D eigenvalue weighted by atomic mass is 31.2. The molecule has 4 rings (SSSR count). The van der Waals surface area contributed by atoms with Crippen molar-refractivity contribution < 1.29 is 0 Å². The Hall–Kier alpha value is -2.69. The van der Waals surface area contributed by atoms with E-state index in [0.29, 0.717) is 5.92 Å². The summed E-state index contributed by atoms with van der Waals surface area (Å²) in [7, 11) is -1.76. The average molecular weight is 381 g/mol. The summed E-state index contributed by atoms with van der Waals surface area (Å²) in [6.45, 7) is 3.91. The van der Waals surface area contributed by atoms with E-state index in [0.717, 1.165) is 12.6 Å².